The van der Waals surface area contributed by atoms with Crippen LogP contribution in [0.2, 0.25) is 5.02 Å². The fourth-order valence-corrected chi connectivity index (χ4v) is 4.89. The van der Waals surface area contributed by atoms with Crippen molar-refractivity contribution in [2.45, 2.75) is 32.1 Å². The Hall–Kier alpha value is -2.28. The molecule has 2 aliphatic rings. The SMILES string of the molecule is CN=C(NCC1(C(=O)N(C)C)CCCC1)N1CCN(C(=O)Cc2cccc(Cl)c2)CC1. The van der Waals surface area contributed by atoms with E-state index in [9.17, 15) is 9.59 Å². The summed E-state index contributed by atoms with van der Waals surface area (Å²) in [5.74, 6) is 1.12. The van der Waals surface area contributed by atoms with E-state index in [0.29, 0.717) is 31.1 Å². The van der Waals surface area contributed by atoms with Gasteiger partial charge < -0.3 is 20.0 Å². The Kier molecular flexibility index (Phi) is 7.81. The number of carbonyl (C=O) groups excluding carboxylic acids is 2. The minimum absolute atomic E-state index is 0.117. The molecule has 2 amide bonds. The van der Waals surface area contributed by atoms with Gasteiger partial charge >= 0.3 is 0 Å². The van der Waals surface area contributed by atoms with Crippen LogP contribution in [0.25, 0.3) is 0 Å². The second-order valence-corrected chi connectivity index (χ2v) is 9.20. The van der Waals surface area contributed by atoms with E-state index >= 15 is 0 Å². The second kappa shape index (κ2) is 10.4. The first kappa shape index (κ1) is 23.4. The van der Waals surface area contributed by atoms with Gasteiger partial charge in [-0.2, -0.15) is 0 Å². The van der Waals surface area contributed by atoms with Crippen LogP contribution in [0.4, 0.5) is 0 Å². The molecule has 1 saturated heterocycles. The molecule has 0 radical (unpaired) electrons. The fourth-order valence-electron chi connectivity index (χ4n) is 4.67. The lowest BCUT2D eigenvalue weighted by Gasteiger charge is -2.38. The smallest absolute Gasteiger partial charge is 0.230 e. The Morgan fingerprint density at radius 2 is 1.77 bits per heavy atom. The van der Waals surface area contributed by atoms with E-state index in [0.717, 1.165) is 50.3 Å². The number of guanidine groups is 1. The van der Waals surface area contributed by atoms with Crippen LogP contribution in [-0.2, 0) is 16.0 Å². The number of hydrogen-bond acceptors (Lipinski definition) is 3. The summed E-state index contributed by atoms with van der Waals surface area (Å²) in [5, 5.41) is 4.11. The van der Waals surface area contributed by atoms with Crippen molar-refractivity contribution in [2.24, 2.45) is 10.4 Å². The minimum atomic E-state index is -0.339. The molecule has 1 aromatic carbocycles. The van der Waals surface area contributed by atoms with Crippen LogP contribution in [0.5, 0.6) is 0 Å². The topological polar surface area (TPSA) is 68.2 Å². The Morgan fingerprint density at radius 1 is 1.13 bits per heavy atom. The molecule has 0 unspecified atom stereocenters. The molecule has 8 heteroatoms. The van der Waals surface area contributed by atoms with Crippen LogP contribution >= 0.6 is 11.6 Å². The molecule has 7 nitrogen and oxygen atoms in total. The number of rotatable bonds is 5. The van der Waals surface area contributed by atoms with Crippen LogP contribution in [0.15, 0.2) is 29.3 Å². The molecule has 0 bridgehead atoms. The first-order chi connectivity index (χ1) is 14.8. The van der Waals surface area contributed by atoms with Gasteiger partial charge in [0.05, 0.1) is 11.8 Å². The third kappa shape index (κ3) is 5.70. The van der Waals surface area contributed by atoms with Crippen molar-refractivity contribution in [3.8, 4) is 0 Å². The summed E-state index contributed by atoms with van der Waals surface area (Å²) in [6.45, 7) is 3.35. The average Bonchev–Trinajstić information content (AvgIpc) is 3.24. The zero-order valence-electron chi connectivity index (χ0n) is 18.9. The molecule has 0 aromatic heterocycles. The highest BCUT2D eigenvalue weighted by molar-refractivity contribution is 6.30. The molecule has 170 valence electrons. The van der Waals surface area contributed by atoms with E-state index < -0.39 is 0 Å². The Balaban J connectivity index is 1.53. The first-order valence-corrected chi connectivity index (χ1v) is 11.4. The molecule has 1 N–H and O–H groups in total. The third-order valence-electron chi connectivity index (χ3n) is 6.39. The lowest BCUT2D eigenvalue weighted by Crippen LogP contribution is -2.56. The maximum absolute atomic E-state index is 12.8. The Bertz CT molecular complexity index is 812. The fraction of sp³-hybridized carbons (Fsp3) is 0.609. The molecule has 1 heterocycles. The van der Waals surface area contributed by atoms with Gasteiger partial charge in [-0.05, 0) is 30.5 Å². The summed E-state index contributed by atoms with van der Waals surface area (Å²) in [4.78, 5) is 35.7. The lowest BCUT2D eigenvalue weighted by atomic mass is 9.84. The highest BCUT2D eigenvalue weighted by Crippen LogP contribution is 2.39. The van der Waals surface area contributed by atoms with Crippen LogP contribution < -0.4 is 5.32 Å². The first-order valence-electron chi connectivity index (χ1n) is 11.0. The third-order valence-corrected chi connectivity index (χ3v) is 6.63. The predicted octanol–water partition coefficient (Wildman–Crippen LogP) is 2.25. The molecule has 1 aliphatic heterocycles. The normalized spacial score (nSPS) is 18.8. The monoisotopic (exact) mass is 447 g/mol. The molecule has 2 fully saturated rings. The standard InChI is InChI=1S/C23H34ClN5O2/c1-25-22(26-17-23(9-4-5-10-23)21(31)27(2)3)29-13-11-28(12-14-29)20(30)16-18-7-6-8-19(24)15-18/h6-8,15H,4-5,9-14,16-17H2,1-3H3,(H,25,26). The molecule has 0 spiro atoms. The van der Waals surface area contributed by atoms with Crippen LogP contribution in [0.1, 0.15) is 31.2 Å². The van der Waals surface area contributed by atoms with Crippen molar-refractivity contribution in [3.63, 3.8) is 0 Å². The van der Waals surface area contributed by atoms with Gasteiger partial charge in [0.2, 0.25) is 11.8 Å². The van der Waals surface area contributed by atoms with E-state index in [1.54, 1.807) is 11.9 Å². The van der Waals surface area contributed by atoms with Crippen LogP contribution in [-0.4, -0.2) is 86.3 Å². The Labute approximate surface area is 190 Å². The highest BCUT2D eigenvalue weighted by Gasteiger charge is 2.42. The van der Waals surface area contributed by atoms with Crippen molar-refractivity contribution < 1.29 is 9.59 Å². The number of nitrogens with one attached hydrogen (secondary N) is 1. The van der Waals surface area contributed by atoms with Crippen molar-refractivity contribution in [2.75, 3.05) is 53.9 Å². The molecule has 3 rings (SSSR count). The molecule has 1 aliphatic carbocycles. The lowest BCUT2D eigenvalue weighted by molar-refractivity contribution is -0.139. The maximum atomic E-state index is 12.8. The van der Waals surface area contributed by atoms with Gasteiger partial charge in [-0.15, -0.1) is 0 Å². The second-order valence-electron chi connectivity index (χ2n) is 8.76. The van der Waals surface area contributed by atoms with Crippen LogP contribution in [0, 0.1) is 5.41 Å². The number of benzene rings is 1. The summed E-state index contributed by atoms with van der Waals surface area (Å²) in [7, 11) is 5.43. The molecular weight excluding hydrogens is 414 g/mol. The molecule has 31 heavy (non-hydrogen) atoms. The number of carbonyl (C=O) groups is 2. The largest absolute Gasteiger partial charge is 0.355 e. The maximum Gasteiger partial charge on any atom is 0.230 e. The van der Waals surface area contributed by atoms with Gasteiger partial charge in [0.15, 0.2) is 5.96 Å². The number of halogens is 1. The number of piperazine rings is 1. The summed E-state index contributed by atoms with van der Waals surface area (Å²) in [5.41, 5.74) is 0.596. The molecule has 1 saturated carbocycles. The number of hydrogen-bond donors (Lipinski definition) is 1. The van der Waals surface area contributed by atoms with Crippen molar-refractivity contribution in [3.05, 3.63) is 34.9 Å². The van der Waals surface area contributed by atoms with Crippen molar-refractivity contribution in [1.29, 1.82) is 0 Å². The van der Waals surface area contributed by atoms with Gasteiger partial charge in [0.1, 0.15) is 0 Å². The predicted molar refractivity (Wildman–Crippen MR) is 124 cm³/mol. The van der Waals surface area contributed by atoms with Gasteiger partial charge in [0.25, 0.3) is 0 Å². The zero-order chi connectivity index (χ0) is 22.4. The number of nitrogens with zero attached hydrogens (tertiary/aromatic N) is 4. The molecule has 0 atom stereocenters. The van der Waals surface area contributed by atoms with Gasteiger partial charge in [-0.3, -0.25) is 14.6 Å². The zero-order valence-corrected chi connectivity index (χ0v) is 19.6. The summed E-state index contributed by atoms with van der Waals surface area (Å²) >= 11 is 6.03. The molecule has 1 aromatic rings. The number of amides is 2. The summed E-state index contributed by atoms with van der Waals surface area (Å²) in [6.07, 6.45) is 4.38. The van der Waals surface area contributed by atoms with E-state index in [1.165, 1.54) is 0 Å². The van der Waals surface area contributed by atoms with E-state index in [1.807, 2.05) is 43.3 Å². The van der Waals surface area contributed by atoms with Crippen LogP contribution in [0.3, 0.4) is 0 Å². The molecular formula is C23H34ClN5O2. The van der Waals surface area contributed by atoms with E-state index in [2.05, 4.69) is 15.2 Å². The van der Waals surface area contributed by atoms with E-state index in [4.69, 9.17) is 11.6 Å². The van der Waals surface area contributed by atoms with Gasteiger partial charge in [-0.1, -0.05) is 36.6 Å². The van der Waals surface area contributed by atoms with Gasteiger partial charge in [-0.25, -0.2) is 0 Å². The number of aliphatic imine (C=N–C) groups is 1. The average molecular weight is 448 g/mol. The van der Waals surface area contributed by atoms with Crippen molar-refractivity contribution in [1.82, 2.24) is 20.0 Å². The quantitative estimate of drug-likeness (QED) is 0.555. The summed E-state index contributed by atoms with van der Waals surface area (Å²) in [6, 6.07) is 7.46. The van der Waals surface area contributed by atoms with Crippen molar-refractivity contribution >= 4 is 29.4 Å². The van der Waals surface area contributed by atoms with E-state index in [-0.39, 0.29) is 17.2 Å². The van der Waals surface area contributed by atoms with Gasteiger partial charge in [0, 0.05) is 58.9 Å². The highest BCUT2D eigenvalue weighted by atomic mass is 35.5. The Morgan fingerprint density at radius 3 is 2.35 bits per heavy atom. The minimum Gasteiger partial charge on any atom is -0.355 e. The summed E-state index contributed by atoms with van der Waals surface area (Å²) < 4.78 is 0.